The zero-order valence-corrected chi connectivity index (χ0v) is 11.5. The smallest absolute Gasteiger partial charge is 0.309 e. The van der Waals surface area contributed by atoms with Crippen LogP contribution in [0, 0.1) is 11.3 Å². The maximum absolute atomic E-state index is 12.4. The molecule has 96 valence electrons. The minimum Gasteiger partial charge on any atom is -0.309 e. The normalized spacial score (nSPS) is 16.3. The average Bonchev–Trinajstić information content (AvgIpc) is 2.66. The fourth-order valence-electron chi connectivity index (χ4n) is 2.12. The molecular formula is C12H20NO3P. The minimum atomic E-state index is -3.00. The number of nitriles is 1. The van der Waals surface area contributed by atoms with Crippen LogP contribution < -0.4 is 0 Å². The lowest BCUT2D eigenvalue weighted by Crippen LogP contribution is -2.02. The molecule has 1 aliphatic carbocycles. The highest BCUT2D eigenvalue weighted by Gasteiger charge is 2.28. The van der Waals surface area contributed by atoms with E-state index in [0.29, 0.717) is 25.8 Å². The van der Waals surface area contributed by atoms with Crippen LogP contribution in [0.5, 0.6) is 0 Å². The lowest BCUT2D eigenvalue weighted by atomic mass is 10.1. The van der Waals surface area contributed by atoms with E-state index in [1.54, 1.807) is 0 Å². The predicted molar refractivity (Wildman–Crippen MR) is 66.8 cm³/mol. The molecule has 0 aromatic rings. The summed E-state index contributed by atoms with van der Waals surface area (Å²) in [6, 6.07) is 2.16. The molecule has 0 spiro atoms. The topological polar surface area (TPSA) is 59.3 Å². The predicted octanol–water partition coefficient (Wildman–Crippen LogP) is 3.65. The highest BCUT2D eigenvalue weighted by Crippen LogP contribution is 2.51. The van der Waals surface area contributed by atoms with E-state index in [9.17, 15) is 4.57 Å². The lowest BCUT2D eigenvalue weighted by molar-refractivity contribution is 0.222. The Morgan fingerprint density at radius 2 is 1.82 bits per heavy atom. The molecule has 0 N–H and O–H groups in total. The third-order valence-electron chi connectivity index (χ3n) is 2.79. The van der Waals surface area contributed by atoms with Crippen molar-refractivity contribution in [2.45, 2.75) is 39.5 Å². The number of nitrogens with zero attached hydrogens (tertiary/aromatic N) is 1. The van der Waals surface area contributed by atoms with Gasteiger partial charge in [-0.05, 0) is 33.1 Å². The molecule has 0 saturated heterocycles. The van der Waals surface area contributed by atoms with Gasteiger partial charge >= 0.3 is 7.60 Å². The first-order valence-electron chi connectivity index (χ1n) is 6.10. The van der Waals surface area contributed by atoms with E-state index in [2.05, 4.69) is 6.07 Å². The first-order chi connectivity index (χ1) is 8.15. The summed E-state index contributed by atoms with van der Waals surface area (Å²) in [5.41, 5.74) is 2.24. The molecule has 0 aromatic carbocycles. The Kier molecular flexibility index (Phi) is 5.91. The van der Waals surface area contributed by atoms with Crippen LogP contribution in [-0.4, -0.2) is 19.4 Å². The SMILES string of the molecule is CCOP(=O)(CC1=C(CC#N)CCC1)OCC. The Morgan fingerprint density at radius 3 is 2.35 bits per heavy atom. The molecule has 0 bridgehead atoms. The van der Waals surface area contributed by atoms with Crippen molar-refractivity contribution in [1.82, 2.24) is 0 Å². The number of allylic oxidation sites excluding steroid dienone is 2. The van der Waals surface area contributed by atoms with Crippen molar-refractivity contribution in [3.8, 4) is 6.07 Å². The Labute approximate surface area is 103 Å². The first-order valence-corrected chi connectivity index (χ1v) is 7.82. The molecule has 1 aliphatic rings. The van der Waals surface area contributed by atoms with E-state index < -0.39 is 7.60 Å². The van der Waals surface area contributed by atoms with Crippen molar-refractivity contribution in [3.63, 3.8) is 0 Å². The van der Waals surface area contributed by atoms with E-state index >= 15 is 0 Å². The number of hydrogen-bond donors (Lipinski definition) is 0. The molecule has 1 rings (SSSR count). The van der Waals surface area contributed by atoms with Gasteiger partial charge in [-0.2, -0.15) is 5.26 Å². The van der Waals surface area contributed by atoms with Crippen LogP contribution in [0.3, 0.4) is 0 Å². The minimum absolute atomic E-state index is 0.353. The van der Waals surface area contributed by atoms with Gasteiger partial charge in [0, 0.05) is 0 Å². The third-order valence-corrected chi connectivity index (χ3v) is 4.86. The molecule has 0 saturated carbocycles. The maximum Gasteiger partial charge on any atom is 0.334 e. The Balaban J connectivity index is 2.76. The summed E-state index contributed by atoms with van der Waals surface area (Å²) in [5.74, 6) is 0. The van der Waals surface area contributed by atoms with Crippen LogP contribution in [-0.2, 0) is 13.6 Å². The van der Waals surface area contributed by atoms with Crippen molar-refractivity contribution < 1.29 is 13.6 Å². The molecule has 0 amide bonds. The molecule has 4 nitrogen and oxygen atoms in total. The molecule has 0 aromatic heterocycles. The molecule has 0 fully saturated rings. The lowest BCUT2D eigenvalue weighted by Gasteiger charge is -2.18. The van der Waals surface area contributed by atoms with Crippen LogP contribution in [0.25, 0.3) is 0 Å². The quantitative estimate of drug-likeness (QED) is 0.516. The summed E-state index contributed by atoms with van der Waals surface area (Å²) in [4.78, 5) is 0. The monoisotopic (exact) mass is 257 g/mol. The Morgan fingerprint density at radius 1 is 1.24 bits per heavy atom. The van der Waals surface area contributed by atoms with Gasteiger partial charge in [0.05, 0.1) is 31.9 Å². The van der Waals surface area contributed by atoms with Gasteiger partial charge in [0.25, 0.3) is 0 Å². The van der Waals surface area contributed by atoms with Crippen LogP contribution >= 0.6 is 7.60 Å². The standard InChI is InChI=1S/C12H20NO3P/c1-3-15-17(14,16-4-2)10-12-7-5-6-11(12)8-9-13/h3-8,10H2,1-2H3. The molecule has 5 heteroatoms. The van der Waals surface area contributed by atoms with Crippen molar-refractivity contribution in [2.75, 3.05) is 19.4 Å². The second kappa shape index (κ2) is 6.96. The molecule has 0 radical (unpaired) electrons. The first kappa shape index (κ1) is 14.4. The summed E-state index contributed by atoms with van der Waals surface area (Å²) in [5, 5.41) is 8.73. The van der Waals surface area contributed by atoms with E-state index in [1.807, 2.05) is 13.8 Å². The maximum atomic E-state index is 12.4. The van der Waals surface area contributed by atoms with Gasteiger partial charge in [-0.1, -0.05) is 11.1 Å². The van der Waals surface area contributed by atoms with Crippen molar-refractivity contribution in [2.24, 2.45) is 0 Å². The van der Waals surface area contributed by atoms with Gasteiger partial charge in [-0.25, -0.2) is 0 Å². The summed E-state index contributed by atoms with van der Waals surface area (Å²) >= 11 is 0. The third kappa shape index (κ3) is 4.27. The second-order valence-corrected chi connectivity index (χ2v) is 6.05. The summed E-state index contributed by atoms with van der Waals surface area (Å²) in [7, 11) is -3.00. The van der Waals surface area contributed by atoms with Crippen LogP contribution in [0.4, 0.5) is 0 Å². The fraction of sp³-hybridized carbons (Fsp3) is 0.750. The molecule has 0 aliphatic heterocycles. The Hall–Kier alpha value is -0.620. The van der Waals surface area contributed by atoms with Gasteiger partial charge in [0.15, 0.2) is 0 Å². The average molecular weight is 257 g/mol. The highest BCUT2D eigenvalue weighted by atomic mass is 31.2. The van der Waals surface area contributed by atoms with Crippen molar-refractivity contribution >= 4 is 7.60 Å². The Bertz CT molecular complexity index is 360. The van der Waals surface area contributed by atoms with Crippen molar-refractivity contribution in [3.05, 3.63) is 11.1 Å². The second-order valence-electron chi connectivity index (χ2n) is 4.00. The van der Waals surface area contributed by atoms with E-state index in [1.165, 1.54) is 0 Å². The van der Waals surface area contributed by atoms with E-state index in [0.717, 1.165) is 30.4 Å². The largest absolute Gasteiger partial charge is 0.334 e. The van der Waals surface area contributed by atoms with Gasteiger partial charge < -0.3 is 9.05 Å². The number of hydrogen-bond acceptors (Lipinski definition) is 4. The zero-order valence-electron chi connectivity index (χ0n) is 10.6. The summed E-state index contributed by atoms with van der Waals surface area (Å²) < 4.78 is 22.9. The van der Waals surface area contributed by atoms with Gasteiger partial charge in [-0.15, -0.1) is 0 Å². The summed E-state index contributed by atoms with van der Waals surface area (Å²) in [6.07, 6.45) is 3.70. The van der Waals surface area contributed by atoms with Gasteiger partial charge in [-0.3, -0.25) is 4.57 Å². The fourth-order valence-corrected chi connectivity index (χ4v) is 4.02. The van der Waals surface area contributed by atoms with Crippen LogP contribution in [0.15, 0.2) is 11.1 Å². The molecule has 0 atom stereocenters. The van der Waals surface area contributed by atoms with E-state index in [-0.39, 0.29) is 0 Å². The zero-order chi connectivity index (χ0) is 12.7. The van der Waals surface area contributed by atoms with E-state index in [4.69, 9.17) is 14.3 Å². The number of rotatable bonds is 7. The molecular weight excluding hydrogens is 237 g/mol. The van der Waals surface area contributed by atoms with Crippen molar-refractivity contribution in [1.29, 1.82) is 5.26 Å². The van der Waals surface area contributed by atoms with Crippen LogP contribution in [0.1, 0.15) is 39.5 Å². The van der Waals surface area contributed by atoms with Gasteiger partial charge in [0.1, 0.15) is 0 Å². The molecule has 0 heterocycles. The van der Waals surface area contributed by atoms with Gasteiger partial charge in [0.2, 0.25) is 0 Å². The molecule has 17 heavy (non-hydrogen) atoms. The van der Waals surface area contributed by atoms with Crippen LogP contribution in [0.2, 0.25) is 0 Å². The molecule has 0 unspecified atom stereocenters. The highest BCUT2D eigenvalue weighted by molar-refractivity contribution is 7.54. The summed E-state index contributed by atoms with van der Waals surface area (Å²) in [6.45, 7) is 4.39.